The van der Waals surface area contributed by atoms with Crippen molar-refractivity contribution in [2.24, 2.45) is 27.2 Å². The monoisotopic (exact) mass is 500 g/mol. The van der Waals surface area contributed by atoms with Crippen LogP contribution >= 0.6 is 37.0 Å². The van der Waals surface area contributed by atoms with Gasteiger partial charge >= 0.3 is 0 Å². The predicted molar refractivity (Wildman–Crippen MR) is 148 cm³/mol. The number of nitrogens with zero attached hydrogens (tertiary/aromatic N) is 2. The van der Waals surface area contributed by atoms with Crippen LogP contribution in [0.1, 0.15) is 17.8 Å². The molecular weight excluding hydrogens is 476 g/mol. The lowest BCUT2D eigenvalue weighted by atomic mass is 10.1. The number of hydrogen-bond donors (Lipinski definition) is 6. The molecule has 0 spiro atoms. The van der Waals surface area contributed by atoms with Crippen LogP contribution in [0.4, 0.5) is 5.69 Å². The number of nitrogen functional groups attached to an aromatic ring is 1. The zero-order chi connectivity index (χ0) is 22.9. The quantitative estimate of drug-likeness (QED) is 0.294. The Labute approximate surface area is 194 Å². The molecule has 0 saturated carbocycles. The summed E-state index contributed by atoms with van der Waals surface area (Å²) in [4.78, 5) is 12.9. The van der Waals surface area contributed by atoms with Crippen molar-refractivity contribution in [2.75, 3.05) is 5.73 Å². The van der Waals surface area contributed by atoms with Crippen molar-refractivity contribution >= 4 is 71.5 Å². The highest BCUT2D eigenvalue weighted by Crippen LogP contribution is 2.36. The first kappa shape index (κ1) is 21.6. The number of nitrogens with one attached hydrogen (secondary N) is 2. The molecule has 5 heterocycles. The lowest BCUT2D eigenvalue weighted by Crippen LogP contribution is -2.30. The standard InChI is InChI=1S/C20H24N8P4/c21-13-5-1-6-14(22)19(31)11(26-6)4-12-20(32)16(24)8(28-12)3-10-18(30)15(23)7(27-10)2-9(25-5)17(13)29/h1-2,4,8,25,28H,3,21-24,29-32H2/b6-1-,7-2-,12-4-. The topological polar surface area (TPSA) is 157 Å². The lowest BCUT2D eigenvalue weighted by Gasteiger charge is -2.14. The Morgan fingerprint density at radius 2 is 1.47 bits per heavy atom. The summed E-state index contributed by atoms with van der Waals surface area (Å²) in [7, 11) is 10.8. The van der Waals surface area contributed by atoms with E-state index < -0.39 is 0 Å². The Morgan fingerprint density at radius 3 is 2.22 bits per heavy atom. The van der Waals surface area contributed by atoms with Crippen LogP contribution in [0.25, 0.3) is 12.2 Å². The van der Waals surface area contributed by atoms with E-state index in [0.29, 0.717) is 40.6 Å². The molecule has 0 amide bonds. The first-order valence-electron chi connectivity index (χ1n) is 9.78. The molecule has 0 radical (unpaired) electrons. The van der Waals surface area contributed by atoms with Gasteiger partial charge in [0.15, 0.2) is 0 Å². The highest BCUT2D eigenvalue weighted by molar-refractivity contribution is 7.28. The van der Waals surface area contributed by atoms with E-state index in [1.165, 1.54) is 0 Å². The maximum absolute atomic E-state index is 6.45. The molecule has 12 heteroatoms. The number of allylic oxidation sites excluding steroid dienone is 4. The van der Waals surface area contributed by atoms with Crippen molar-refractivity contribution in [3.05, 3.63) is 67.6 Å². The first-order chi connectivity index (χ1) is 15.2. The van der Waals surface area contributed by atoms with Crippen LogP contribution < -0.4 is 33.6 Å². The summed E-state index contributed by atoms with van der Waals surface area (Å²) in [5, 5.41) is 6.91. The molecule has 5 unspecified atom stereocenters. The molecule has 0 aliphatic carbocycles. The minimum Gasteiger partial charge on any atom is -0.400 e. The Kier molecular flexibility index (Phi) is 5.19. The van der Waals surface area contributed by atoms with E-state index >= 15 is 0 Å². The van der Waals surface area contributed by atoms with Crippen molar-refractivity contribution < 1.29 is 0 Å². The zero-order valence-electron chi connectivity index (χ0n) is 17.0. The van der Waals surface area contributed by atoms with E-state index in [-0.39, 0.29) is 6.04 Å². The third kappa shape index (κ3) is 3.29. The van der Waals surface area contributed by atoms with Crippen LogP contribution in [0.3, 0.4) is 0 Å². The summed E-state index contributed by atoms with van der Waals surface area (Å²) in [5.41, 5.74) is 33.4. The smallest absolute Gasteiger partial charge is 0.0895 e. The van der Waals surface area contributed by atoms with Gasteiger partial charge in [0.25, 0.3) is 0 Å². The number of hydrogen-bond acceptors (Lipinski definition) is 7. The molecule has 1 aromatic rings. The number of rotatable bonds is 0. The van der Waals surface area contributed by atoms with Crippen molar-refractivity contribution in [2.45, 2.75) is 12.5 Å². The molecule has 0 fully saturated rings. The fourth-order valence-corrected chi connectivity index (χ4v) is 5.24. The van der Waals surface area contributed by atoms with Gasteiger partial charge in [-0.1, -0.05) is 0 Å². The zero-order valence-corrected chi connectivity index (χ0v) is 21.6. The lowest BCUT2D eigenvalue weighted by molar-refractivity contribution is 0.700. The minimum absolute atomic E-state index is 0.112. The maximum atomic E-state index is 6.45. The fraction of sp³-hybridized carbons (Fsp3) is 0.100. The van der Waals surface area contributed by atoms with Gasteiger partial charge in [0.05, 0.1) is 57.3 Å². The molecular formula is C20H24N8P4. The number of aromatic amines is 1. The second-order valence-electron chi connectivity index (χ2n) is 7.88. The van der Waals surface area contributed by atoms with Crippen LogP contribution in [0.2, 0.25) is 0 Å². The van der Waals surface area contributed by atoms with Gasteiger partial charge in [0.2, 0.25) is 0 Å². The average Bonchev–Trinajstić information content (AvgIpc) is 3.37. The molecule has 0 aromatic carbocycles. The minimum atomic E-state index is -0.112. The largest absolute Gasteiger partial charge is 0.400 e. The number of nitrogens with two attached hydrogens (primary N) is 4. The normalized spacial score (nSPS) is 27.5. The van der Waals surface area contributed by atoms with Gasteiger partial charge in [0.1, 0.15) is 0 Å². The number of aromatic nitrogens is 1. The molecule has 32 heavy (non-hydrogen) atoms. The third-order valence-corrected chi connectivity index (χ3v) is 8.42. The molecule has 8 nitrogen and oxygen atoms in total. The van der Waals surface area contributed by atoms with E-state index in [1.807, 2.05) is 18.2 Å². The molecule has 4 aliphatic rings. The second-order valence-corrected chi connectivity index (χ2v) is 10.2. The third-order valence-electron chi connectivity index (χ3n) is 5.90. The summed E-state index contributed by atoms with van der Waals surface area (Å²) in [6.45, 7) is 0. The van der Waals surface area contributed by atoms with Crippen molar-refractivity contribution in [1.82, 2.24) is 10.3 Å². The molecule has 5 rings (SSSR count). The average molecular weight is 500 g/mol. The van der Waals surface area contributed by atoms with E-state index in [4.69, 9.17) is 32.9 Å². The van der Waals surface area contributed by atoms with E-state index in [1.54, 1.807) is 0 Å². The Morgan fingerprint density at radius 1 is 0.812 bits per heavy atom. The van der Waals surface area contributed by atoms with Gasteiger partial charge in [0, 0.05) is 39.1 Å². The summed E-state index contributed by atoms with van der Waals surface area (Å²) >= 11 is 0. The molecule has 164 valence electrons. The summed E-state index contributed by atoms with van der Waals surface area (Å²) in [6.07, 6.45) is 6.29. The molecule has 0 saturated heterocycles. The molecule has 1 aromatic heterocycles. The summed E-state index contributed by atoms with van der Waals surface area (Å²) in [6, 6.07) is -0.112. The van der Waals surface area contributed by atoms with Gasteiger partial charge in [-0.05, 0) is 18.2 Å². The SMILES string of the molecule is NC1=C(P)C2=NC/1=C\c1[nH]c(c(P)c1N)/C=C1\N=C(CC3N/C(=C\2)C(P)=C3N)C(P)=C1N. The van der Waals surface area contributed by atoms with E-state index in [9.17, 15) is 0 Å². The van der Waals surface area contributed by atoms with E-state index in [2.05, 4.69) is 47.3 Å². The van der Waals surface area contributed by atoms with Gasteiger partial charge in [-0.3, -0.25) is 4.99 Å². The van der Waals surface area contributed by atoms with Crippen LogP contribution in [-0.2, 0) is 0 Å². The van der Waals surface area contributed by atoms with Crippen LogP contribution in [-0.4, -0.2) is 22.4 Å². The van der Waals surface area contributed by atoms with Crippen LogP contribution in [0, 0.1) is 0 Å². The molecule has 4 aliphatic heterocycles. The molecule has 5 atom stereocenters. The van der Waals surface area contributed by atoms with Crippen LogP contribution in [0.15, 0.2) is 66.2 Å². The first-order valence-corrected chi connectivity index (χ1v) is 12.1. The van der Waals surface area contributed by atoms with Gasteiger partial charge in [-0.25, -0.2) is 4.99 Å². The predicted octanol–water partition coefficient (Wildman–Crippen LogP) is 1.08. The van der Waals surface area contributed by atoms with Crippen molar-refractivity contribution in [1.29, 1.82) is 0 Å². The number of aliphatic imine (C=N–C) groups is 2. The maximum Gasteiger partial charge on any atom is 0.0895 e. The Bertz CT molecular complexity index is 1350. The van der Waals surface area contributed by atoms with Gasteiger partial charge in [-0.15, -0.1) is 37.0 Å². The number of fused-ring (bicyclic) bond motifs is 6. The van der Waals surface area contributed by atoms with Crippen molar-refractivity contribution in [3.63, 3.8) is 0 Å². The summed E-state index contributed by atoms with van der Waals surface area (Å²) < 4.78 is 0. The number of anilines is 1. The number of H-pyrrole nitrogens is 1. The summed E-state index contributed by atoms with van der Waals surface area (Å²) in [5.74, 6) is 0. The van der Waals surface area contributed by atoms with E-state index in [0.717, 1.165) is 49.8 Å². The van der Waals surface area contributed by atoms with Crippen molar-refractivity contribution in [3.8, 4) is 0 Å². The Balaban J connectivity index is 1.74. The Hall–Kier alpha value is -2.22. The highest BCUT2D eigenvalue weighted by Gasteiger charge is 2.30. The fourth-order valence-electron chi connectivity index (χ4n) is 3.94. The molecule has 10 N–H and O–H groups in total. The van der Waals surface area contributed by atoms with Gasteiger partial charge < -0.3 is 33.2 Å². The van der Waals surface area contributed by atoms with Gasteiger partial charge in [-0.2, -0.15) is 0 Å². The highest BCUT2D eigenvalue weighted by atomic mass is 31.0. The second kappa shape index (κ2) is 7.68. The van der Waals surface area contributed by atoms with Crippen LogP contribution in [0.5, 0.6) is 0 Å². The molecule has 8 bridgehead atoms.